The molecule has 2 heteroatoms. The summed E-state index contributed by atoms with van der Waals surface area (Å²) in [5.74, 6) is 0.367. The molecule has 0 aliphatic carbocycles. The van der Waals surface area contributed by atoms with Gasteiger partial charge in [-0.25, -0.2) is 4.39 Å². The summed E-state index contributed by atoms with van der Waals surface area (Å²) in [6, 6.07) is 5.08. The quantitative estimate of drug-likeness (QED) is 0.806. The van der Waals surface area contributed by atoms with E-state index in [9.17, 15) is 4.39 Å². The standard InChI is InChI=1S/C13H20FN/c1-4-9(2)8-13(15)11-6-5-10(3)7-12(11)14/h5-7,9,13H,4,8,15H2,1-3H3. The van der Waals surface area contributed by atoms with Crippen LogP contribution in [0.1, 0.15) is 43.9 Å². The molecular weight excluding hydrogens is 189 g/mol. The summed E-state index contributed by atoms with van der Waals surface area (Å²) in [5, 5.41) is 0. The molecule has 2 N–H and O–H groups in total. The number of nitrogens with two attached hydrogens (primary N) is 1. The van der Waals surface area contributed by atoms with Crippen LogP contribution in [0.15, 0.2) is 18.2 Å². The van der Waals surface area contributed by atoms with Crippen LogP contribution < -0.4 is 5.73 Å². The maximum absolute atomic E-state index is 13.6. The molecule has 0 aromatic heterocycles. The molecule has 0 saturated carbocycles. The van der Waals surface area contributed by atoms with E-state index in [4.69, 9.17) is 5.73 Å². The van der Waals surface area contributed by atoms with Crippen LogP contribution in [0.2, 0.25) is 0 Å². The number of aryl methyl sites for hydroxylation is 1. The average Bonchev–Trinajstić information content (AvgIpc) is 2.17. The molecule has 1 aromatic carbocycles. The highest BCUT2D eigenvalue weighted by molar-refractivity contribution is 5.25. The molecule has 0 radical (unpaired) electrons. The van der Waals surface area contributed by atoms with Gasteiger partial charge in [0.05, 0.1) is 0 Å². The number of hydrogen-bond donors (Lipinski definition) is 1. The Morgan fingerprint density at radius 3 is 2.60 bits per heavy atom. The normalized spacial score (nSPS) is 15.0. The summed E-state index contributed by atoms with van der Waals surface area (Å²) in [7, 11) is 0. The van der Waals surface area contributed by atoms with Crippen molar-refractivity contribution in [1.29, 1.82) is 0 Å². The topological polar surface area (TPSA) is 26.0 Å². The molecule has 0 aliphatic heterocycles. The predicted molar refractivity (Wildman–Crippen MR) is 62.1 cm³/mol. The molecular formula is C13H20FN. The van der Waals surface area contributed by atoms with Gasteiger partial charge in [0.1, 0.15) is 5.82 Å². The monoisotopic (exact) mass is 209 g/mol. The third-order valence-corrected chi connectivity index (χ3v) is 2.91. The highest BCUT2D eigenvalue weighted by Gasteiger charge is 2.13. The van der Waals surface area contributed by atoms with E-state index < -0.39 is 0 Å². The van der Waals surface area contributed by atoms with E-state index in [1.165, 1.54) is 0 Å². The molecule has 84 valence electrons. The van der Waals surface area contributed by atoms with Gasteiger partial charge in [-0.2, -0.15) is 0 Å². The van der Waals surface area contributed by atoms with Crippen molar-refractivity contribution in [1.82, 2.24) is 0 Å². The van der Waals surface area contributed by atoms with Crippen LogP contribution in [0, 0.1) is 18.7 Å². The Hall–Kier alpha value is -0.890. The lowest BCUT2D eigenvalue weighted by Gasteiger charge is -2.17. The molecule has 1 rings (SSSR count). The molecule has 0 bridgehead atoms. The Morgan fingerprint density at radius 1 is 1.40 bits per heavy atom. The Labute approximate surface area is 91.5 Å². The minimum absolute atomic E-state index is 0.175. The van der Waals surface area contributed by atoms with E-state index in [0.717, 1.165) is 18.4 Å². The van der Waals surface area contributed by atoms with Crippen LogP contribution in [0.4, 0.5) is 4.39 Å². The van der Waals surface area contributed by atoms with Gasteiger partial charge in [0.15, 0.2) is 0 Å². The highest BCUT2D eigenvalue weighted by atomic mass is 19.1. The van der Waals surface area contributed by atoms with Gasteiger partial charge in [0.25, 0.3) is 0 Å². The Morgan fingerprint density at radius 2 is 2.07 bits per heavy atom. The van der Waals surface area contributed by atoms with Crippen LogP contribution in [0.3, 0.4) is 0 Å². The molecule has 1 nitrogen and oxygen atoms in total. The minimum atomic E-state index is -0.180. The molecule has 0 fully saturated rings. The van der Waals surface area contributed by atoms with E-state index >= 15 is 0 Å². The van der Waals surface area contributed by atoms with Crippen molar-refractivity contribution >= 4 is 0 Å². The lowest BCUT2D eigenvalue weighted by atomic mass is 9.94. The summed E-state index contributed by atoms with van der Waals surface area (Å²) < 4.78 is 13.6. The van der Waals surface area contributed by atoms with Gasteiger partial charge in [-0.15, -0.1) is 0 Å². The maximum Gasteiger partial charge on any atom is 0.128 e. The van der Waals surface area contributed by atoms with Gasteiger partial charge in [-0.3, -0.25) is 0 Å². The second-order valence-electron chi connectivity index (χ2n) is 4.38. The van der Waals surface area contributed by atoms with Gasteiger partial charge >= 0.3 is 0 Å². The molecule has 2 atom stereocenters. The molecule has 0 amide bonds. The van der Waals surface area contributed by atoms with Crippen molar-refractivity contribution < 1.29 is 4.39 Å². The first kappa shape index (κ1) is 12.2. The van der Waals surface area contributed by atoms with Gasteiger partial charge < -0.3 is 5.73 Å². The van der Waals surface area contributed by atoms with Crippen molar-refractivity contribution in [3.63, 3.8) is 0 Å². The lowest BCUT2D eigenvalue weighted by Crippen LogP contribution is -2.15. The SMILES string of the molecule is CCC(C)CC(N)c1ccc(C)cc1F. The van der Waals surface area contributed by atoms with Crippen LogP contribution in [0.25, 0.3) is 0 Å². The number of rotatable bonds is 4. The zero-order valence-corrected chi connectivity index (χ0v) is 9.76. The fourth-order valence-electron chi connectivity index (χ4n) is 1.66. The number of hydrogen-bond acceptors (Lipinski definition) is 1. The largest absolute Gasteiger partial charge is 0.324 e. The Balaban J connectivity index is 2.77. The third-order valence-electron chi connectivity index (χ3n) is 2.91. The third kappa shape index (κ3) is 3.31. The summed E-state index contributed by atoms with van der Waals surface area (Å²) in [6.07, 6.45) is 1.93. The molecule has 0 heterocycles. The van der Waals surface area contributed by atoms with Gasteiger partial charge in [0.2, 0.25) is 0 Å². The highest BCUT2D eigenvalue weighted by Crippen LogP contribution is 2.23. The molecule has 0 aliphatic rings. The summed E-state index contributed by atoms with van der Waals surface area (Å²) >= 11 is 0. The number of halogens is 1. The van der Waals surface area contributed by atoms with Crippen LogP contribution in [0.5, 0.6) is 0 Å². The predicted octanol–water partition coefficient (Wildman–Crippen LogP) is 3.57. The first-order valence-corrected chi connectivity index (χ1v) is 5.56. The van der Waals surface area contributed by atoms with Crippen molar-refractivity contribution in [3.05, 3.63) is 35.1 Å². The smallest absolute Gasteiger partial charge is 0.128 e. The van der Waals surface area contributed by atoms with Crippen molar-refractivity contribution in [2.24, 2.45) is 11.7 Å². The molecule has 0 spiro atoms. The van der Waals surface area contributed by atoms with Gasteiger partial charge in [-0.1, -0.05) is 32.4 Å². The van der Waals surface area contributed by atoms with Crippen molar-refractivity contribution in [2.45, 2.75) is 39.7 Å². The average molecular weight is 209 g/mol. The molecule has 0 saturated heterocycles. The van der Waals surface area contributed by atoms with E-state index in [-0.39, 0.29) is 11.9 Å². The van der Waals surface area contributed by atoms with Gasteiger partial charge in [-0.05, 0) is 30.9 Å². The van der Waals surface area contributed by atoms with E-state index in [1.807, 2.05) is 13.0 Å². The lowest BCUT2D eigenvalue weighted by molar-refractivity contribution is 0.449. The first-order valence-electron chi connectivity index (χ1n) is 5.56. The van der Waals surface area contributed by atoms with E-state index in [0.29, 0.717) is 11.5 Å². The zero-order chi connectivity index (χ0) is 11.4. The second-order valence-corrected chi connectivity index (χ2v) is 4.38. The summed E-state index contributed by atoms with van der Waals surface area (Å²) in [4.78, 5) is 0. The van der Waals surface area contributed by atoms with Crippen molar-refractivity contribution in [3.8, 4) is 0 Å². The van der Waals surface area contributed by atoms with Crippen LogP contribution in [-0.2, 0) is 0 Å². The second kappa shape index (κ2) is 5.26. The summed E-state index contributed by atoms with van der Waals surface area (Å²) in [6.45, 7) is 6.15. The summed E-state index contributed by atoms with van der Waals surface area (Å²) in [5.41, 5.74) is 7.56. The molecule has 2 unspecified atom stereocenters. The zero-order valence-electron chi connectivity index (χ0n) is 9.76. The fourth-order valence-corrected chi connectivity index (χ4v) is 1.66. The Bertz CT molecular complexity index is 322. The van der Waals surface area contributed by atoms with E-state index in [2.05, 4.69) is 13.8 Å². The van der Waals surface area contributed by atoms with Crippen LogP contribution >= 0.6 is 0 Å². The first-order chi connectivity index (χ1) is 7.04. The Kier molecular flexibility index (Phi) is 4.28. The minimum Gasteiger partial charge on any atom is -0.324 e. The van der Waals surface area contributed by atoms with Crippen molar-refractivity contribution in [2.75, 3.05) is 0 Å². The molecule has 15 heavy (non-hydrogen) atoms. The fraction of sp³-hybridized carbons (Fsp3) is 0.538. The van der Waals surface area contributed by atoms with E-state index in [1.54, 1.807) is 12.1 Å². The molecule has 1 aromatic rings. The van der Waals surface area contributed by atoms with Gasteiger partial charge in [0, 0.05) is 11.6 Å². The van der Waals surface area contributed by atoms with Crippen LogP contribution in [-0.4, -0.2) is 0 Å². The maximum atomic E-state index is 13.6. The number of benzene rings is 1.